The summed E-state index contributed by atoms with van der Waals surface area (Å²) in [6.45, 7) is 12.2. The molecule has 0 N–H and O–H groups in total. The molecule has 0 aromatic heterocycles. The molecular formula is C10H21O2Si. The van der Waals surface area contributed by atoms with Crippen LogP contribution in [0.25, 0.3) is 0 Å². The zero-order valence-electron chi connectivity index (χ0n) is 9.17. The molecule has 13 heavy (non-hydrogen) atoms. The van der Waals surface area contributed by atoms with Crippen LogP contribution in [0.5, 0.6) is 0 Å². The third-order valence-electron chi connectivity index (χ3n) is 1.96. The normalized spacial score (nSPS) is 11.4. The maximum Gasteiger partial charge on any atom is 0.292 e. The Kier molecular flexibility index (Phi) is 6.04. The number of rotatable bonds is 5. The first-order chi connectivity index (χ1) is 5.99. The molecule has 0 bridgehead atoms. The highest BCUT2D eigenvalue weighted by atomic mass is 28.3. The fourth-order valence-electron chi connectivity index (χ4n) is 1.40. The van der Waals surface area contributed by atoms with E-state index >= 15 is 0 Å². The summed E-state index contributed by atoms with van der Waals surface area (Å²) < 4.78 is 5.47. The molecule has 0 aliphatic rings. The van der Waals surface area contributed by atoms with E-state index in [1.165, 1.54) is 0 Å². The molecule has 0 aliphatic heterocycles. The van der Waals surface area contributed by atoms with Gasteiger partial charge in [-0.2, -0.15) is 0 Å². The molecule has 0 aromatic rings. The minimum atomic E-state index is -1.35. The van der Waals surface area contributed by atoms with Crippen molar-refractivity contribution in [3.05, 3.63) is 6.92 Å². The Bertz CT molecular complexity index is 147. The highest BCUT2D eigenvalue weighted by Gasteiger charge is 2.24. The highest BCUT2D eigenvalue weighted by molar-refractivity contribution is 6.56. The van der Waals surface area contributed by atoms with E-state index in [9.17, 15) is 4.79 Å². The van der Waals surface area contributed by atoms with Gasteiger partial charge in [-0.05, 0) is 17.5 Å². The van der Waals surface area contributed by atoms with Gasteiger partial charge in [0.25, 0.3) is 5.97 Å². The smallest absolute Gasteiger partial charge is 0.292 e. The summed E-state index contributed by atoms with van der Waals surface area (Å²) in [6.07, 6.45) is 1.10. The molecule has 0 unspecified atom stereocenters. The first kappa shape index (κ1) is 12.7. The SMILES string of the molecule is [CH2]CCC(=O)O[SiH](C(C)C)C(C)C. The Morgan fingerprint density at radius 1 is 1.31 bits per heavy atom. The van der Waals surface area contributed by atoms with Crippen LogP contribution in [0, 0.1) is 6.92 Å². The second kappa shape index (κ2) is 6.19. The fraction of sp³-hybridized carbons (Fsp3) is 0.800. The Morgan fingerprint density at radius 2 is 1.77 bits per heavy atom. The van der Waals surface area contributed by atoms with Gasteiger partial charge in [-0.25, -0.2) is 0 Å². The van der Waals surface area contributed by atoms with E-state index in [4.69, 9.17) is 4.43 Å². The van der Waals surface area contributed by atoms with Gasteiger partial charge in [0.2, 0.25) is 9.04 Å². The second-order valence-corrected chi connectivity index (χ2v) is 7.88. The van der Waals surface area contributed by atoms with Crippen LogP contribution in [-0.2, 0) is 9.22 Å². The van der Waals surface area contributed by atoms with Gasteiger partial charge in [0.05, 0.1) is 0 Å². The van der Waals surface area contributed by atoms with E-state index in [0.29, 0.717) is 23.9 Å². The lowest BCUT2D eigenvalue weighted by atomic mass is 10.4. The van der Waals surface area contributed by atoms with Crippen LogP contribution in [0.2, 0.25) is 11.1 Å². The lowest BCUT2D eigenvalue weighted by Gasteiger charge is -2.22. The molecule has 0 fully saturated rings. The van der Waals surface area contributed by atoms with Gasteiger partial charge >= 0.3 is 0 Å². The minimum Gasteiger partial charge on any atom is -0.521 e. The highest BCUT2D eigenvalue weighted by Crippen LogP contribution is 2.21. The molecular weight excluding hydrogens is 180 g/mol. The van der Waals surface area contributed by atoms with Crippen molar-refractivity contribution in [3.63, 3.8) is 0 Å². The number of hydrogen-bond acceptors (Lipinski definition) is 2. The van der Waals surface area contributed by atoms with Crippen molar-refractivity contribution >= 4 is 15.0 Å². The largest absolute Gasteiger partial charge is 0.521 e. The Hall–Kier alpha value is -0.313. The number of carbonyl (C=O) groups excluding carboxylic acids is 1. The van der Waals surface area contributed by atoms with Crippen molar-refractivity contribution in [2.75, 3.05) is 0 Å². The zero-order valence-corrected chi connectivity index (χ0v) is 10.3. The predicted octanol–water partition coefficient (Wildman–Crippen LogP) is 2.69. The molecule has 3 heteroatoms. The summed E-state index contributed by atoms with van der Waals surface area (Å²) in [5.41, 5.74) is 1.04. The van der Waals surface area contributed by atoms with Gasteiger partial charge < -0.3 is 4.43 Å². The van der Waals surface area contributed by atoms with Crippen molar-refractivity contribution in [1.82, 2.24) is 0 Å². The predicted molar refractivity (Wildman–Crippen MR) is 58.0 cm³/mol. The summed E-state index contributed by atoms with van der Waals surface area (Å²) in [6, 6.07) is 0. The fourth-order valence-corrected chi connectivity index (χ4v) is 3.90. The molecule has 0 aliphatic carbocycles. The molecule has 0 spiro atoms. The maximum absolute atomic E-state index is 11.2. The van der Waals surface area contributed by atoms with Gasteiger partial charge in [-0.3, -0.25) is 4.79 Å². The van der Waals surface area contributed by atoms with E-state index < -0.39 is 9.04 Å². The van der Waals surface area contributed by atoms with Crippen LogP contribution in [0.4, 0.5) is 0 Å². The van der Waals surface area contributed by atoms with Gasteiger partial charge in [0, 0.05) is 6.42 Å². The Morgan fingerprint density at radius 3 is 2.08 bits per heavy atom. The monoisotopic (exact) mass is 201 g/mol. The number of hydrogen-bond donors (Lipinski definition) is 0. The first-order valence-corrected chi connectivity index (χ1v) is 6.78. The lowest BCUT2D eigenvalue weighted by Crippen LogP contribution is -2.28. The molecule has 1 radical (unpaired) electrons. The Labute approximate surface area is 83.4 Å². The van der Waals surface area contributed by atoms with E-state index in [2.05, 4.69) is 34.6 Å². The molecule has 0 rings (SSSR count). The molecule has 77 valence electrons. The van der Waals surface area contributed by atoms with Crippen LogP contribution < -0.4 is 0 Å². The quantitative estimate of drug-likeness (QED) is 0.639. The molecule has 0 amide bonds. The summed E-state index contributed by atoms with van der Waals surface area (Å²) in [7, 11) is -1.35. The summed E-state index contributed by atoms with van der Waals surface area (Å²) in [5.74, 6) is -0.0610. The van der Waals surface area contributed by atoms with E-state index in [0.717, 1.165) is 0 Å². The second-order valence-electron chi connectivity index (χ2n) is 4.05. The topological polar surface area (TPSA) is 26.3 Å². The maximum atomic E-state index is 11.2. The van der Waals surface area contributed by atoms with Crippen molar-refractivity contribution in [2.45, 2.75) is 51.6 Å². The van der Waals surface area contributed by atoms with Crippen molar-refractivity contribution < 1.29 is 9.22 Å². The molecule has 0 saturated heterocycles. The number of carbonyl (C=O) groups is 1. The van der Waals surface area contributed by atoms with Gasteiger partial charge in [0.15, 0.2) is 0 Å². The Balaban J connectivity index is 4.02. The van der Waals surface area contributed by atoms with Crippen LogP contribution in [-0.4, -0.2) is 15.0 Å². The van der Waals surface area contributed by atoms with E-state index in [1.807, 2.05) is 0 Å². The average Bonchev–Trinajstić information content (AvgIpc) is 1.99. The molecule has 0 saturated carbocycles. The van der Waals surface area contributed by atoms with E-state index in [1.54, 1.807) is 0 Å². The molecule has 0 atom stereocenters. The van der Waals surface area contributed by atoms with Gasteiger partial charge in [-0.1, -0.05) is 34.6 Å². The minimum absolute atomic E-state index is 0.0610. The van der Waals surface area contributed by atoms with Crippen LogP contribution >= 0.6 is 0 Å². The molecule has 2 nitrogen and oxygen atoms in total. The third kappa shape index (κ3) is 5.08. The van der Waals surface area contributed by atoms with Crippen molar-refractivity contribution in [1.29, 1.82) is 0 Å². The van der Waals surface area contributed by atoms with Crippen LogP contribution in [0.3, 0.4) is 0 Å². The van der Waals surface area contributed by atoms with Gasteiger partial charge in [0.1, 0.15) is 0 Å². The molecule has 0 aromatic carbocycles. The van der Waals surface area contributed by atoms with Crippen molar-refractivity contribution in [3.8, 4) is 0 Å². The van der Waals surface area contributed by atoms with Crippen LogP contribution in [0.15, 0.2) is 0 Å². The lowest BCUT2D eigenvalue weighted by molar-refractivity contribution is -0.134. The standard InChI is InChI=1S/C10H21O2Si/c1-6-7-10(11)12-13(8(2)3)9(4)5/h8-9,13H,1,6-7H2,2-5H3. The molecule has 0 heterocycles. The zero-order chi connectivity index (χ0) is 10.4. The summed E-state index contributed by atoms with van der Waals surface area (Å²) >= 11 is 0. The third-order valence-corrected chi connectivity index (χ3v) is 5.13. The average molecular weight is 201 g/mol. The summed E-state index contributed by atoms with van der Waals surface area (Å²) in [4.78, 5) is 11.2. The van der Waals surface area contributed by atoms with E-state index in [-0.39, 0.29) is 5.97 Å². The van der Waals surface area contributed by atoms with Gasteiger partial charge in [-0.15, -0.1) is 0 Å². The van der Waals surface area contributed by atoms with Crippen LogP contribution in [0.1, 0.15) is 40.5 Å². The van der Waals surface area contributed by atoms with Crippen molar-refractivity contribution in [2.24, 2.45) is 0 Å². The first-order valence-electron chi connectivity index (χ1n) is 4.97. The summed E-state index contributed by atoms with van der Waals surface area (Å²) in [5, 5.41) is 0.